The van der Waals surface area contributed by atoms with Gasteiger partial charge in [-0.2, -0.15) is 0 Å². The van der Waals surface area contributed by atoms with Crippen molar-refractivity contribution < 1.29 is 9.53 Å². The van der Waals surface area contributed by atoms with Crippen LogP contribution in [0.4, 0.5) is 0 Å². The number of alkyl halides is 1. The van der Waals surface area contributed by atoms with E-state index in [-0.39, 0.29) is 5.91 Å². The van der Waals surface area contributed by atoms with Crippen LogP contribution in [-0.2, 0) is 10.2 Å². The van der Waals surface area contributed by atoms with E-state index in [1.54, 1.807) is 0 Å². The van der Waals surface area contributed by atoms with Gasteiger partial charge in [0.2, 0.25) is 5.91 Å². The molecule has 1 heterocycles. The highest BCUT2D eigenvalue weighted by atomic mass is 79.9. The number of amides is 1. The predicted molar refractivity (Wildman–Crippen MR) is 109 cm³/mol. The summed E-state index contributed by atoms with van der Waals surface area (Å²) < 4.78 is 6.13. The quantitative estimate of drug-likeness (QED) is 0.452. The third-order valence-electron chi connectivity index (χ3n) is 5.05. The number of carbonyl (C=O) groups excluding carboxylic acids is 1. The van der Waals surface area contributed by atoms with Crippen LogP contribution in [-0.4, -0.2) is 17.8 Å². The Bertz CT molecular complexity index is 714. The zero-order chi connectivity index (χ0) is 18.4. The van der Waals surface area contributed by atoms with Gasteiger partial charge in [0.05, 0.1) is 0 Å². The molecular formula is C22H26BrNO2. The van der Waals surface area contributed by atoms with E-state index >= 15 is 0 Å². The topological polar surface area (TPSA) is 38.3 Å². The minimum atomic E-state index is -0.693. The second-order valence-corrected chi connectivity index (χ2v) is 7.55. The minimum Gasteiger partial charge on any atom is -0.457 e. The molecule has 0 bridgehead atoms. The molecule has 138 valence electrons. The lowest BCUT2D eigenvalue weighted by Gasteiger charge is -2.39. The van der Waals surface area contributed by atoms with Gasteiger partial charge in [-0.1, -0.05) is 72.1 Å². The lowest BCUT2D eigenvalue weighted by atomic mass is 9.68. The smallest absolute Gasteiger partial charge is 0.235 e. The molecule has 3 rings (SSSR count). The van der Waals surface area contributed by atoms with Gasteiger partial charge in [-0.3, -0.25) is 4.79 Å². The molecule has 3 nitrogen and oxygen atoms in total. The molecular weight excluding hydrogens is 390 g/mol. The molecule has 0 fully saturated rings. The van der Waals surface area contributed by atoms with Gasteiger partial charge in [0.25, 0.3) is 0 Å². The van der Waals surface area contributed by atoms with Crippen LogP contribution >= 0.6 is 15.9 Å². The van der Waals surface area contributed by atoms with E-state index in [1.165, 1.54) is 0 Å². The molecule has 1 amide bonds. The Morgan fingerprint density at radius 3 is 2.19 bits per heavy atom. The number of ether oxygens (including phenoxy) is 1. The molecule has 1 aliphatic heterocycles. The van der Waals surface area contributed by atoms with Crippen molar-refractivity contribution in [2.75, 3.05) is 11.9 Å². The maximum Gasteiger partial charge on any atom is 0.235 e. The predicted octanol–water partition coefficient (Wildman–Crippen LogP) is 5.56. The number of para-hydroxylation sites is 2. The Balaban J connectivity index is 2.10. The van der Waals surface area contributed by atoms with Crippen LogP contribution in [0.15, 0.2) is 48.5 Å². The molecule has 0 unspecified atom stereocenters. The van der Waals surface area contributed by atoms with Crippen LogP contribution in [0.1, 0.15) is 50.2 Å². The van der Waals surface area contributed by atoms with Gasteiger partial charge in [0, 0.05) is 23.0 Å². The van der Waals surface area contributed by atoms with Crippen LogP contribution in [0.2, 0.25) is 0 Å². The van der Waals surface area contributed by atoms with Crippen molar-refractivity contribution >= 4 is 21.8 Å². The highest BCUT2D eigenvalue weighted by Crippen LogP contribution is 2.50. The van der Waals surface area contributed by atoms with E-state index in [0.29, 0.717) is 6.54 Å². The molecule has 2 aromatic carbocycles. The summed E-state index contributed by atoms with van der Waals surface area (Å²) in [6.07, 6.45) is 4.83. The van der Waals surface area contributed by atoms with E-state index in [2.05, 4.69) is 28.2 Å². The van der Waals surface area contributed by atoms with Gasteiger partial charge in [-0.15, -0.1) is 0 Å². The Hall–Kier alpha value is -1.81. The van der Waals surface area contributed by atoms with E-state index in [9.17, 15) is 4.79 Å². The number of hydrogen-bond donors (Lipinski definition) is 1. The summed E-state index contributed by atoms with van der Waals surface area (Å²) in [4.78, 5) is 13.5. The Kier molecular flexibility index (Phi) is 6.36. The number of benzene rings is 2. The highest BCUT2D eigenvalue weighted by molar-refractivity contribution is 9.09. The number of halogens is 1. The van der Waals surface area contributed by atoms with Crippen molar-refractivity contribution in [3.05, 3.63) is 59.7 Å². The Morgan fingerprint density at radius 1 is 1.00 bits per heavy atom. The fraction of sp³-hybridized carbons (Fsp3) is 0.409. The summed E-state index contributed by atoms with van der Waals surface area (Å²) in [6, 6.07) is 15.9. The molecule has 26 heavy (non-hydrogen) atoms. The summed E-state index contributed by atoms with van der Waals surface area (Å²) in [6.45, 7) is 2.84. The first-order valence-corrected chi connectivity index (χ1v) is 10.6. The molecule has 1 aliphatic rings. The lowest BCUT2D eigenvalue weighted by Crippen LogP contribution is -2.47. The average molecular weight is 416 g/mol. The number of nitrogens with one attached hydrogen (secondary N) is 1. The van der Waals surface area contributed by atoms with Gasteiger partial charge in [-0.05, 0) is 31.4 Å². The molecule has 0 saturated carbocycles. The van der Waals surface area contributed by atoms with Gasteiger partial charge in [-0.25, -0.2) is 0 Å². The maximum atomic E-state index is 13.5. The van der Waals surface area contributed by atoms with Gasteiger partial charge >= 0.3 is 0 Å². The standard InChI is InChI=1S/C22H26BrNO2/c1-2-3-16-24-21(25)22(14-8-9-15-23)17-10-4-6-12-19(17)26-20-13-7-5-11-18(20)22/h4-7,10-13H,2-3,8-9,14-16H2,1H3,(H,24,25). The molecule has 0 saturated heterocycles. The number of carbonyl (C=O) groups is 1. The fourth-order valence-electron chi connectivity index (χ4n) is 3.72. The molecule has 0 atom stereocenters. The molecule has 0 aromatic heterocycles. The van der Waals surface area contributed by atoms with E-state index < -0.39 is 5.41 Å². The SMILES string of the molecule is CCCCNC(=O)C1(CCCCBr)c2ccccc2Oc2ccccc21. The zero-order valence-electron chi connectivity index (χ0n) is 15.3. The monoisotopic (exact) mass is 415 g/mol. The zero-order valence-corrected chi connectivity index (χ0v) is 16.8. The maximum absolute atomic E-state index is 13.5. The Morgan fingerprint density at radius 2 is 1.62 bits per heavy atom. The van der Waals surface area contributed by atoms with Crippen LogP contribution in [0.25, 0.3) is 0 Å². The number of fused-ring (bicyclic) bond motifs is 2. The summed E-state index contributed by atoms with van der Waals surface area (Å²) >= 11 is 3.52. The van der Waals surface area contributed by atoms with Crippen LogP contribution in [0, 0.1) is 0 Å². The fourth-order valence-corrected chi connectivity index (χ4v) is 4.12. The first-order valence-electron chi connectivity index (χ1n) is 9.45. The molecule has 0 spiro atoms. The van der Waals surface area contributed by atoms with Gasteiger partial charge < -0.3 is 10.1 Å². The van der Waals surface area contributed by atoms with Crippen molar-refractivity contribution in [2.24, 2.45) is 0 Å². The summed E-state index contributed by atoms with van der Waals surface area (Å²) in [5.74, 6) is 1.66. The van der Waals surface area contributed by atoms with Crippen LogP contribution in [0.3, 0.4) is 0 Å². The number of hydrogen-bond acceptors (Lipinski definition) is 2. The second-order valence-electron chi connectivity index (χ2n) is 6.76. The third-order valence-corrected chi connectivity index (χ3v) is 5.61. The molecule has 2 aromatic rings. The number of rotatable bonds is 8. The normalized spacial score (nSPS) is 14.1. The summed E-state index contributed by atoms with van der Waals surface area (Å²) in [7, 11) is 0. The van der Waals surface area contributed by atoms with Crippen molar-refractivity contribution in [3.63, 3.8) is 0 Å². The van der Waals surface area contributed by atoms with Gasteiger partial charge in [0.1, 0.15) is 16.9 Å². The molecule has 1 N–H and O–H groups in total. The minimum absolute atomic E-state index is 0.0868. The lowest BCUT2D eigenvalue weighted by molar-refractivity contribution is -0.125. The largest absolute Gasteiger partial charge is 0.457 e. The third kappa shape index (κ3) is 3.52. The van der Waals surface area contributed by atoms with Crippen LogP contribution in [0.5, 0.6) is 11.5 Å². The van der Waals surface area contributed by atoms with E-state index in [0.717, 1.165) is 60.1 Å². The van der Waals surface area contributed by atoms with E-state index in [4.69, 9.17) is 4.74 Å². The Labute approximate surface area is 164 Å². The van der Waals surface area contributed by atoms with Crippen molar-refractivity contribution in [3.8, 4) is 11.5 Å². The van der Waals surface area contributed by atoms with Crippen molar-refractivity contribution in [2.45, 2.75) is 44.4 Å². The van der Waals surface area contributed by atoms with Crippen molar-refractivity contribution in [1.82, 2.24) is 5.32 Å². The van der Waals surface area contributed by atoms with Gasteiger partial charge in [0.15, 0.2) is 0 Å². The first kappa shape index (κ1) is 19.0. The summed E-state index contributed by atoms with van der Waals surface area (Å²) in [5, 5.41) is 4.14. The highest BCUT2D eigenvalue weighted by Gasteiger charge is 2.47. The average Bonchev–Trinajstić information content (AvgIpc) is 2.67. The molecule has 0 radical (unpaired) electrons. The van der Waals surface area contributed by atoms with E-state index in [1.807, 2.05) is 48.5 Å². The number of unbranched alkanes of at least 4 members (excludes halogenated alkanes) is 2. The molecule has 0 aliphatic carbocycles. The van der Waals surface area contributed by atoms with Crippen molar-refractivity contribution in [1.29, 1.82) is 0 Å². The summed E-state index contributed by atoms with van der Waals surface area (Å²) in [5.41, 5.74) is 1.26. The van der Waals surface area contributed by atoms with Crippen LogP contribution < -0.4 is 10.1 Å². The molecule has 4 heteroatoms. The second kappa shape index (κ2) is 8.72. The first-order chi connectivity index (χ1) is 12.7.